The molecule has 1 aliphatic rings. The van der Waals surface area contributed by atoms with E-state index in [0.717, 1.165) is 25.0 Å². The Kier molecular flexibility index (Phi) is 6.76. The molecule has 8 heteroatoms. The topological polar surface area (TPSA) is 78.5 Å². The third-order valence-corrected chi connectivity index (χ3v) is 4.96. The Morgan fingerprint density at radius 3 is 2.50 bits per heavy atom. The Bertz CT molecular complexity index is 947. The van der Waals surface area contributed by atoms with Gasteiger partial charge in [0, 0.05) is 36.8 Å². The van der Waals surface area contributed by atoms with Gasteiger partial charge in [-0.2, -0.15) is 0 Å². The molecule has 0 radical (unpaired) electrons. The molecule has 1 aliphatic heterocycles. The molecule has 1 heterocycles. The highest BCUT2D eigenvalue weighted by Crippen LogP contribution is 2.21. The zero-order chi connectivity index (χ0) is 21.7. The first-order chi connectivity index (χ1) is 14.4. The van der Waals surface area contributed by atoms with Crippen LogP contribution in [0.5, 0.6) is 0 Å². The molecule has 0 aliphatic carbocycles. The van der Waals surface area contributed by atoms with E-state index in [4.69, 9.17) is 0 Å². The maximum absolute atomic E-state index is 13.7. The molecule has 3 amide bonds. The number of hydrogen-bond acceptors (Lipinski definition) is 3. The van der Waals surface area contributed by atoms with Gasteiger partial charge >= 0.3 is 0 Å². The van der Waals surface area contributed by atoms with Gasteiger partial charge in [0.2, 0.25) is 11.8 Å². The van der Waals surface area contributed by atoms with Crippen molar-refractivity contribution < 1.29 is 23.2 Å². The molecule has 2 aromatic carbocycles. The highest BCUT2D eigenvalue weighted by Gasteiger charge is 2.33. The summed E-state index contributed by atoms with van der Waals surface area (Å²) in [6, 6.07) is 8.96. The van der Waals surface area contributed by atoms with E-state index < -0.39 is 23.5 Å². The molecule has 0 aromatic heterocycles. The Balaban J connectivity index is 1.57. The minimum absolute atomic E-state index is 0.0105. The second-order valence-electron chi connectivity index (χ2n) is 7.24. The van der Waals surface area contributed by atoms with Gasteiger partial charge in [-0.15, -0.1) is 0 Å². The van der Waals surface area contributed by atoms with Crippen LogP contribution in [0.3, 0.4) is 0 Å². The molecule has 158 valence electrons. The van der Waals surface area contributed by atoms with Crippen molar-refractivity contribution in [3.8, 4) is 0 Å². The van der Waals surface area contributed by atoms with E-state index in [0.29, 0.717) is 24.8 Å². The van der Waals surface area contributed by atoms with Crippen molar-refractivity contribution in [2.75, 3.05) is 23.7 Å². The molecule has 3 rings (SSSR count). The Morgan fingerprint density at radius 2 is 1.83 bits per heavy atom. The van der Waals surface area contributed by atoms with Gasteiger partial charge in [0.15, 0.2) is 0 Å². The zero-order valence-corrected chi connectivity index (χ0v) is 16.6. The first-order valence-electron chi connectivity index (χ1n) is 9.82. The predicted molar refractivity (Wildman–Crippen MR) is 109 cm³/mol. The lowest BCUT2D eigenvalue weighted by Crippen LogP contribution is -2.29. The Labute approximate surface area is 173 Å². The number of unbranched alkanes of at least 4 members (excludes halogenated alkanes) is 1. The summed E-state index contributed by atoms with van der Waals surface area (Å²) >= 11 is 0. The lowest BCUT2D eigenvalue weighted by Gasteiger charge is -2.16. The fraction of sp³-hybridized carbons (Fsp3) is 0.318. The van der Waals surface area contributed by atoms with E-state index in [1.807, 2.05) is 6.92 Å². The van der Waals surface area contributed by atoms with Crippen molar-refractivity contribution >= 4 is 29.1 Å². The highest BCUT2D eigenvalue weighted by molar-refractivity contribution is 6.05. The Hall–Kier alpha value is -3.29. The van der Waals surface area contributed by atoms with Crippen molar-refractivity contribution in [3.05, 3.63) is 59.7 Å². The van der Waals surface area contributed by atoms with E-state index in [2.05, 4.69) is 10.6 Å². The van der Waals surface area contributed by atoms with Gasteiger partial charge in [0.05, 0.1) is 11.6 Å². The van der Waals surface area contributed by atoms with Crippen molar-refractivity contribution in [1.82, 2.24) is 4.90 Å². The minimum Gasteiger partial charge on any atom is -0.342 e. The van der Waals surface area contributed by atoms with E-state index in [1.54, 1.807) is 17.0 Å². The second kappa shape index (κ2) is 9.47. The number of benzene rings is 2. The number of nitrogens with one attached hydrogen (secondary N) is 2. The maximum atomic E-state index is 13.7. The van der Waals surface area contributed by atoms with Crippen LogP contribution >= 0.6 is 0 Å². The van der Waals surface area contributed by atoms with E-state index in [1.165, 1.54) is 12.1 Å². The molecule has 1 fully saturated rings. The first-order valence-corrected chi connectivity index (χ1v) is 9.82. The maximum Gasteiger partial charge on any atom is 0.255 e. The van der Waals surface area contributed by atoms with E-state index >= 15 is 0 Å². The van der Waals surface area contributed by atoms with Crippen LogP contribution < -0.4 is 10.6 Å². The molecule has 1 unspecified atom stereocenters. The van der Waals surface area contributed by atoms with Crippen LogP contribution in [-0.4, -0.2) is 35.7 Å². The smallest absolute Gasteiger partial charge is 0.255 e. The lowest BCUT2D eigenvalue weighted by molar-refractivity contribution is -0.128. The van der Waals surface area contributed by atoms with Crippen LogP contribution in [0.2, 0.25) is 0 Å². The molecule has 1 atom stereocenters. The van der Waals surface area contributed by atoms with Gasteiger partial charge in [0.1, 0.15) is 11.6 Å². The number of amides is 3. The van der Waals surface area contributed by atoms with Crippen LogP contribution in [0.4, 0.5) is 20.2 Å². The van der Waals surface area contributed by atoms with Gasteiger partial charge in [-0.05, 0) is 42.8 Å². The molecule has 6 nitrogen and oxygen atoms in total. The number of carbonyl (C=O) groups is 3. The number of anilines is 2. The molecule has 30 heavy (non-hydrogen) atoms. The summed E-state index contributed by atoms with van der Waals surface area (Å²) in [5.41, 5.74) is 0.611. The number of hydrogen-bond donors (Lipinski definition) is 2. The largest absolute Gasteiger partial charge is 0.342 e. The molecule has 0 spiro atoms. The van der Waals surface area contributed by atoms with Crippen LogP contribution in [-0.2, 0) is 9.59 Å². The van der Waals surface area contributed by atoms with Crippen LogP contribution in [0.25, 0.3) is 0 Å². The lowest BCUT2D eigenvalue weighted by atomic mass is 10.1. The van der Waals surface area contributed by atoms with Gasteiger partial charge < -0.3 is 15.5 Å². The average molecular weight is 415 g/mol. The van der Waals surface area contributed by atoms with Gasteiger partial charge in [0.25, 0.3) is 5.91 Å². The normalized spacial score (nSPS) is 15.9. The number of carbonyl (C=O) groups excluding carboxylic acids is 3. The number of rotatable bonds is 7. The van der Waals surface area contributed by atoms with Gasteiger partial charge in [-0.1, -0.05) is 13.3 Å². The summed E-state index contributed by atoms with van der Waals surface area (Å²) in [6.07, 6.45) is 2.08. The van der Waals surface area contributed by atoms with E-state index in [-0.39, 0.29) is 29.5 Å². The molecular formula is C22H23F2N3O3. The molecule has 2 aromatic rings. The molecule has 1 saturated heterocycles. The molecular weight excluding hydrogens is 392 g/mol. The highest BCUT2D eigenvalue weighted by atomic mass is 19.1. The first kappa shape index (κ1) is 21.4. The Morgan fingerprint density at radius 1 is 1.10 bits per heavy atom. The van der Waals surface area contributed by atoms with Crippen molar-refractivity contribution in [3.63, 3.8) is 0 Å². The van der Waals surface area contributed by atoms with Gasteiger partial charge in [-0.3, -0.25) is 14.4 Å². The summed E-state index contributed by atoms with van der Waals surface area (Å²) in [5.74, 6) is -2.82. The second-order valence-corrected chi connectivity index (χ2v) is 7.24. The summed E-state index contributed by atoms with van der Waals surface area (Å²) in [5, 5.41) is 5.14. The standard InChI is InChI=1S/C22H23F2N3O3/c1-2-3-10-27-13-15(11-20(27)28)22(30)25-17-7-4-14(5-8-17)21(29)26-19-9-6-16(23)12-18(19)24/h4-9,12,15H,2-3,10-11,13H2,1H3,(H,25,30)(H,26,29). The third kappa shape index (κ3) is 5.20. The van der Waals surface area contributed by atoms with Crippen molar-refractivity contribution in [2.45, 2.75) is 26.2 Å². The van der Waals surface area contributed by atoms with E-state index in [9.17, 15) is 23.2 Å². The SMILES string of the molecule is CCCCN1CC(C(=O)Nc2ccc(C(=O)Nc3ccc(F)cc3F)cc2)CC1=O. The average Bonchev–Trinajstić information content (AvgIpc) is 3.09. The molecule has 0 saturated carbocycles. The zero-order valence-electron chi connectivity index (χ0n) is 16.6. The molecule has 2 N–H and O–H groups in total. The van der Waals surface area contributed by atoms with Crippen LogP contribution in [0.1, 0.15) is 36.5 Å². The van der Waals surface area contributed by atoms with Crippen molar-refractivity contribution in [2.24, 2.45) is 5.92 Å². The van der Waals surface area contributed by atoms with Crippen LogP contribution in [0.15, 0.2) is 42.5 Å². The number of halogens is 2. The fourth-order valence-electron chi connectivity index (χ4n) is 3.25. The van der Waals surface area contributed by atoms with Gasteiger partial charge in [-0.25, -0.2) is 8.78 Å². The summed E-state index contributed by atoms with van der Waals surface area (Å²) in [6.45, 7) is 3.12. The quantitative estimate of drug-likeness (QED) is 0.722. The number of likely N-dealkylation sites (tertiary alicyclic amines) is 1. The fourth-order valence-corrected chi connectivity index (χ4v) is 3.25. The van der Waals surface area contributed by atoms with Crippen LogP contribution in [0, 0.1) is 17.6 Å². The summed E-state index contributed by atoms with van der Waals surface area (Å²) < 4.78 is 26.6. The molecule has 0 bridgehead atoms. The monoisotopic (exact) mass is 415 g/mol. The summed E-state index contributed by atoms with van der Waals surface area (Å²) in [4.78, 5) is 38.4. The minimum atomic E-state index is -0.869. The predicted octanol–water partition coefficient (Wildman–Crippen LogP) is 3.80. The van der Waals surface area contributed by atoms with Crippen molar-refractivity contribution in [1.29, 1.82) is 0 Å². The number of nitrogens with zero attached hydrogens (tertiary/aromatic N) is 1. The summed E-state index contributed by atoms with van der Waals surface area (Å²) in [7, 11) is 0. The third-order valence-electron chi connectivity index (χ3n) is 4.96.